The number of carbonyl (C=O) groups excluding carboxylic acids is 3. The van der Waals surface area contributed by atoms with Gasteiger partial charge in [0.2, 0.25) is 0 Å². The van der Waals surface area contributed by atoms with Crippen LogP contribution in [-0.2, 0) is 66.5 Å². The second-order valence-corrected chi connectivity index (χ2v) is 9.53. The molecule has 0 unspecified atom stereocenters. The molecule has 46 heavy (non-hydrogen) atoms. The maximum atomic E-state index is 12.6. The van der Waals surface area contributed by atoms with E-state index in [1.807, 2.05) is 27.7 Å². The van der Waals surface area contributed by atoms with E-state index in [4.69, 9.17) is 52.1 Å². The SMILES string of the molecule is CCOC(CC(CC(OCC)OCC)(C(=O)OC)C(=O)OC)OCC.CCOC(CC(CC(OCC)OCC)C(=O)OC)OCC. The van der Waals surface area contributed by atoms with E-state index in [1.165, 1.54) is 21.3 Å². The Bertz CT molecular complexity index is 687. The van der Waals surface area contributed by atoms with Crippen molar-refractivity contribution in [3.8, 4) is 0 Å². The number of ether oxygens (including phenoxy) is 11. The molecule has 0 fully saturated rings. The molecule has 0 aliphatic heterocycles. The topological polar surface area (TPSA) is 153 Å². The smallest absolute Gasteiger partial charge is 0.323 e. The average molecular weight is 671 g/mol. The normalized spacial score (nSPS) is 11.7. The highest BCUT2D eigenvalue weighted by Crippen LogP contribution is 2.35. The third-order valence-electron chi connectivity index (χ3n) is 6.49. The summed E-state index contributed by atoms with van der Waals surface area (Å²) in [4.78, 5) is 37.1. The predicted octanol–water partition coefficient (Wildman–Crippen LogP) is 4.25. The summed E-state index contributed by atoms with van der Waals surface area (Å²) in [5.74, 6) is -2.17. The van der Waals surface area contributed by atoms with Gasteiger partial charge in [-0.2, -0.15) is 0 Å². The van der Waals surface area contributed by atoms with Crippen LogP contribution < -0.4 is 0 Å². The third kappa shape index (κ3) is 18.4. The number of carbonyl (C=O) groups is 3. The van der Waals surface area contributed by atoms with Crippen LogP contribution in [0.5, 0.6) is 0 Å². The van der Waals surface area contributed by atoms with Crippen molar-refractivity contribution >= 4 is 17.9 Å². The lowest BCUT2D eigenvalue weighted by molar-refractivity contribution is -0.206. The molecule has 0 aliphatic rings. The molecule has 0 rings (SSSR count). The summed E-state index contributed by atoms with van der Waals surface area (Å²) in [7, 11) is 3.81. The Morgan fingerprint density at radius 3 is 0.913 bits per heavy atom. The van der Waals surface area contributed by atoms with Crippen molar-refractivity contribution in [2.24, 2.45) is 11.3 Å². The number of hydrogen-bond acceptors (Lipinski definition) is 14. The molecule has 0 aromatic rings. The molecule has 14 nitrogen and oxygen atoms in total. The van der Waals surface area contributed by atoms with Crippen LogP contribution in [0.1, 0.15) is 81.1 Å². The van der Waals surface area contributed by atoms with Crippen molar-refractivity contribution in [3.05, 3.63) is 0 Å². The van der Waals surface area contributed by atoms with E-state index in [-0.39, 0.29) is 24.7 Å². The molecule has 0 heterocycles. The van der Waals surface area contributed by atoms with Crippen molar-refractivity contribution in [1.29, 1.82) is 0 Å². The molecule has 0 amide bonds. The first-order valence-corrected chi connectivity index (χ1v) is 16.2. The van der Waals surface area contributed by atoms with Gasteiger partial charge in [0.25, 0.3) is 0 Å². The van der Waals surface area contributed by atoms with Gasteiger partial charge in [0.15, 0.2) is 30.6 Å². The van der Waals surface area contributed by atoms with Gasteiger partial charge in [-0.15, -0.1) is 0 Å². The number of hydrogen-bond donors (Lipinski definition) is 0. The van der Waals surface area contributed by atoms with E-state index in [9.17, 15) is 14.4 Å². The Morgan fingerprint density at radius 2 is 0.696 bits per heavy atom. The van der Waals surface area contributed by atoms with Crippen LogP contribution in [0, 0.1) is 11.3 Å². The monoisotopic (exact) mass is 670 g/mol. The van der Waals surface area contributed by atoms with Crippen LogP contribution in [0.3, 0.4) is 0 Å². The van der Waals surface area contributed by atoms with Gasteiger partial charge in [0.1, 0.15) is 0 Å². The van der Waals surface area contributed by atoms with Crippen molar-refractivity contribution in [3.63, 3.8) is 0 Å². The van der Waals surface area contributed by atoms with Gasteiger partial charge < -0.3 is 52.1 Å². The molecule has 0 bridgehead atoms. The maximum Gasteiger partial charge on any atom is 0.323 e. The summed E-state index contributed by atoms with van der Waals surface area (Å²) in [6.07, 6.45) is -1.67. The molecule has 0 spiro atoms. The van der Waals surface area contributed by atoms with E-state index in [0.29, 0.717) is 65.7 Å². The van der Waals surface area contributed by atoms with Crippen LogP contribution in [0.15, 0.2) is 0 Å². The summed E-state index contributed by atoms with van der Waals surface area (Å²) < 4.78 is 58.7. The largest absolute Gasteiger partial charge is 0.469 e. The summed E-state index contributed by atoms with van der Waals surface area (Å²) in [5.41, 5.74) is -1.66. The Balaban J connectivity index is 0. The molecule has 0 saturated heterocycles. The minimum absolute atomic E-state index is 0.0648. The molecule has 274 valence electrons. The molecule has 0 radical (unpaired) electrons. The zero-order valence-corrected chi connectivity index (χ0v) is 30.1. The molecule has 0 aromatic heterocycles. The van der Waals surface area contributed by atoms with Crippen LogP contribution in [0.2, 0.25) is 0 Å². The summed E-state index contributed by atoms with van der Waals surface area (Å²) >= 11 is 0. The first kappa shape index (κ1) is 46.2. The Hall–Kier alpha value is -1.91. The minimum Gasteiger partial charge on any atom is -0.469 e. The number of methoxy groups -OCH3 is 3. The van der Waals surface area contributed by atoms with E-state index in [2.05, 4.69) is 0 Å². The predicted molar refractivity (Wildman–Crippen MR) is 169 cm³/mol. The molecule has 14 heteroatoms. The highest BCUT2D eigenvalue weighted by atomic mass is 16.7. The van der Waals surface area contributed by atoms with E-state index in [1.54, 1.807) is 27.7 Å². The van der Waals surface area contributed by atoms with Gasteiger partial charge in [0, 0.05) is 78.5 Å². The molecule has 0 aliphatic carbocycles. The second-order valence-electron chi connectivity index (χ2n) is 9.53. The van der Waals surface area contributed by atoms with Crippen LogP contribution in [0.4, 0.5) is 0 Å². The van der Waals surface area contributed by atoms with Crippen LogP contribution in [0.25, 0.3) is 0 Å². The average Bonchev–Trinajstić information content (AvgIpc) is 3.04. The standard InChI is InChI=1S/C17H32O8.C15H30O6/c1-7-22-13(23-8-2)11-17(15(18)20-5,16(19)21-6)12-14(24-9-3)25-10-4;1-6-18-13(19-7-2)10-12(15(16)17-5)11-14(20-8-3)21-9-4/h13-14H,7-12H2,1-6H3;12-14H,6-11H2,1-5H3. The summed E-state index contributed by atoms with van der Waals surface area (Å²) in [6, 6.07) is 0. The maximum absolute atomic E-state index is 12.6. The minimum atomic E-state index is -1.66. The zero-order valence-electron chi connectivity index (χ0n) is 30.1. The number of rotatable bonds is 27. The van der Waals surface area contributed by atoms with Crippen molar-refractivity contribution in [2.75, 3.05) is 74.2 Å². The van der Waals surface area contributed by atoms with E-state index in [0.717, 1.165) is 0 Å². The Kier molecular flexibility index (Phi) is 29.4. The molecule has 0 saturated carbocycles. The van der Waals surface area contributed by atoms with Crippen LogP contribution >= 0.6 is 0 Å². The van der Waals surface area contributed by atoms with Gasteiger partial charge in [-0.1, -0.05) is 0 Å². The lowest BCUT2D eigenvalue weighted by Crippen LogP contribution is -2.47. The van der Waals surface area contributed by atoms with E-state index < -0.39 is 42.5 Å². The highest BCUT2D eigenvalue weighted by molar-refractivity contribution is 6.00. The Labute approximate surface area is 276 Å². The highest BCUT2D eigenvalue weighted by Gasteiger charge is 2.52. The molecule has 0 aromatic carbocycles. The van der Waals surface area contributed by atoms with Gasteiger partial charge in [-0.05, 0) is 55.4 Å². The summed E-state index contributed by atoms with van der Waals surface area (Å²) in [6.45, 7) is 18.3. The van der Waals surface area contributed by atoms with Gasteiger partial charge >= 0.3 is 17.9 Å². The fourth-order valence-electron chi connectivity index (χ4n) is 4.57. The van der Waals surface area contributed by atoms with Crippen molar-refractivity contribution < 1.29 is 66.5 Å². The molecule has 0 N–H and O–H groups in total. The second kappa shape index (κ2) is 29.2. The van der Waals surface area contributed by atoms with Gasteiger partial charge in [-0.3, -0.25) is 14.4 Å². The fourth-order valence-corrected chi connectivity index (χ4v) is 4.57. The summed E-state index contributed by atoms with van der Waals surface area (Å²) in [5, 5.41) is 0. The van der Waals surface area contributed by atoms with Crippen LogP contribution in [-0.4, -0.2) is 117 Å². The molecular weight excluding hydrogens is 608 g/mol. The first-order valence-electron chi connectivity index (χ1n) is 16.2. The van der Waals surface area contributed by atoms with Crippen molar-refractivity contribution in [2.45, 2.75) is 106 Å². The molecular formula is C32H62O14. The lowest BCUT2D eigenvalue weighted by atomic mass is 9.80. The Morgan fingerprint density at radius 1 is 0.435 bits per heavy atom. The fraction of sp³-hybridized carbons (Fsp3) is 0.906. The van der Waals surface area contributed by atoms with Gasteiger partial charge in [-0.25, -0.2) is 0 Å². The lowest BCUT2D eigenvalue weighted by Gasteiger charge is -2.33. The quantitative estimate of drug-likeness (QED) is 0.0530. The van der Waals surface area contributed by atoms with E-state index >= 15 is 0 Å². The molecule has 0 atom stereocenters. The third-order valence-corrected chi connectivity index (χ3v) is 6.49. The van der Waals surface area contributed by atoms with Gasteiger partial charge in [0.05, 0.1) is 27.2 Å². The first-order chi connectivity index (χ1) is 22.1. The zero-order chi connectivity index (χ0) is 35.4. The van der Waals surface area contributed by atoms with Crippen molar-refractivity contribution in [1.82, 2.24) is 0 Å². The number of esters is 3.